The van der Waals surface area contributed by atoms with E-state index in [1.807, 2.05) is 24.3 Å². The summed E-state index contributed by atoms with van der Waals surface area (Å²) in [5.41, 5.74) is 1.28. The van der Waals surface area contributed by atoms with Gasteiger partial charge in [-0.05, 0) is 18.6 Å². The van der Waals surface area contributed by atoms with Crippen molar-refractivity contribution in [3.05, 3.63) is 60.2 Å². The van der Waals surface area contributed by atoms with Crippen molar-refractivity contribution in [3.63, 3.8) is 0 Å². The summed E-state index contributed by atoms with van der Waals surface area (Å²) in [5, 5.41) is 3.39. The van der Waals surface area contributed by atoms with Gasteiger partial charge in [0.25, 0.3) is 0 Å². The Morgan fingerprint density at radius 3 is 2.44 bits per heavy atom. The minimum absolute atomic E-state index is 0.310. The number of rotatable bonds is 4. The molecule has 0 bridgehead atoms. The first-order valence-corrected chi connectivity index (χ1v) is 5.40. The van der Waals surface area contributed by atoms with Crippen LogP contribution < -0.4 is 5.32 Å². The van der Waals surface area contributed by atoms with Crippen molar-refractivity contribution in [3.8, 4) is 0 Å². The minimum atomic E-state index is 0.310. The van der Waals surface area contributed by atoms with E-state index in [0.29, 0.717) is 12.6 Å². The maximum absolute atomic E-state index is 4.17. The second kappa shape index (κ2) is 5.37. The monoisotopic (exact) mass is 213 g/mol. The molecule has 2 aromatic rings. The van der Waals surface area contributed by atoms with Gasteiger partial charge in [-0.25, -0.2) is 9.97 Å². The normalized spacial score (nSPS) is 12.3. The fourth-order valence-electron chi connectivity index (χ4n) is 1.53. The summed E-state index contributed by atoms with van der Waals surface area (Å²) in [4.78, 5) is 8.34. The summed E-state index contributed by atoms with van der Waals surface area (Å²) in [7, 11) is 0. The van der Waals surface area contributed by atoms with Crippen molar-refractivity contribution in [2.45, 2.75) is 19.5 Å². The van der Waals surface area contributed by atoms with Gasteiger partial charge in [-0.1, -0.05) is 30.3 Å². The van der Waals surface area contributed by atoms with Gasteiger partial charge in [0.15, 0.2) is 0 Å². The molecule has 1 aromatic carbocycles. The van der Waals surface area contributed by atoms with Crippen LogP contribution in [-0.4, -0.2) is 9.97 Å². The van der Waals surface area contributed by atoms with Gasteiger partial charge < -0.3 is 5.32 Å². The van der Waals surface area contributed by atoms with Crippen LogP contribution in [0.15, 0.2) is 48.8 Å². The Balaban J connectivity index is 1.92. The van der Waals surface area contributed by atoms with Crippen LogP contribution in [0.4, 0.5) is 0 Å². The molecule has 1 atom stereocenters. The number of nitrogens with one attached hydrogen (secondary N) is 1. The van der Waals surface area contributed by atoms with Crippen molar-refractivity contribution >= 4 is 0 Å². The van der Waals surface area contributed by atoms with E-state index >= 15 is 0 Å². The lowest BCUT2D eigenvalue weighted by atomic mass is 10.1. The summed E-state index contributed by atoms with van der Waals surface area (Å²) in [6.07, 6.45) is 3.52. The molecule has 1 heterocycles. The summed E-state index contributed by atoms with van der Waals surface area (Å²) in [5.74, 6) is 0.824. The molecular weight excluding hydrogens is 198 g/mol. The van der Waals surface area contributed by atoms with Gasteiger partial charge in [0.1, 0.15) is 5.82 Å². The zero-order valence-corrected chi connectivity index (χ0v) is 9.30. The molecule has 3 nitrogen and oxygen atoms in total. The number of hydrogen-bond donors (Lipinski definition) is 1. The lowest BCUT2D eigenvalue weighted by Crippen LogP contribution is -2.19. The molecule has 0 spiro atoms. The molecule has 0 saturated carbocycles. The molecule has 0 aliphatic heterocycles. The first kappa shape index (κ1) is 10.8. The van der Waals surface area contributed by atoms with Gasteiger partial charge in [0.05, 0.1) is 6.54 Å². The predicted octanol–water partition coefficient (Wildman–Crippen LogP) is 2.33. The third-order valence-electron chi connectivity index (χ3n) is 2.49. The smallest absolute Gasteiger partial charge is 0.141 e. The van der Waals surface area contributed by atoms with Crippen LogP contribution in [0.5, 0.6) is 0 Å². The van der Waals surface area contributed by atoms with Gasteiger partial charge in [0, 0.05) is 18.4 Å². The van der Waals surface area contributed by atoms with E-state index in [1.54, 1.807) is 12.4 Å². The van der Waals surface area contributed by atoms with E-state index in [9.17, 15) is 0 Å². The molecule has 1 unspecified atom stereocenters. The van der Waals surface area contributed by atoms with Gasteiger partial charge >= 0.3 is 0 Å². The molecule has 0 amide bonds. The summed E-state index contributed by atoms with van der Waals surface area (Å²) in [6.45, 7) is 2.83. The van der Waals surface area contributed by atoms with E-state index in [1.165, 1.54) is 5.56 Å². The van der Waals surface area contributed by atoms with E-state index in [4.69, 9.17) is 0 Å². The Morgan fingerprint density at radius 1 is 1.06 bits per heavy atom. The molecule has 0 saturated heterocycles. The van der Waals surface area contributed by atoms with Crippen LogP contribution >= 0.6 is 0 Å². The van der Waals surface area contributed by atoms with Crippen LogP contribution in [0.3, 0.4) is 0 Å². The molecule has 0 aliphatic rings. The van der Waals surface area contributed by atoms with E-state index in [2.05, 4.69) is 34.3 Å². The Labute approximate surface area is 95.6 Å². The minimum Gasteiger partial charge on any atom is -0.303 e. The van der Waals surface area contributed by atoms with E-state index in [0.717, 1.165) is 5.82 Å². The Hall–Kier alpha value is -1.74. The molecule has 3 heteroatoms. The molecule has 0 fully saturated rings. The fourth-order valence-corrected chi connectivity index (χ4v) is 1.53. The zero-order chi connectivity index (χ0) is 11.2. The standard InChI is InChI=1S/C13H15N3/c1-11(12-6-3-2-4-7-12)16-10-13-14-8-5-9-15-13/h2-9,11,16H,10H2,1H3. The molecule has 0 radical (unpaired) electrons. The van der Waals surface area contributed by atoms with Gasteiger partial charge in [-0.15, -0.1) is 0 Å². The summed E-state index contributed by atoms with van der Waals surface area (Å²) >= 11 is 0. The van der Waals surface area contributed by atoms with Crippen molar-refractivity contribution in [2.75, 3.05) is 0 Å². The highest BCUT2D eigenvalue weighted by Crippen LogP contribution is 2.11. The van der Waals surface area contributed by atoms with Gasteiger partial charge in [-0.3, -0.25) is 0 Å². The molecule has 1 N–H and O–H groups in total. The van der Waals surface area contributed by atoms with Gasteiger partial charge in [0.2, 0.25) is 0 Å². The summed E-state index contributed by atoms with van der Waals surface area (Å²) in [6, 6.07) is 12.5. The lowest BCUT2D eigenvalue weighted by Gasteiger charge is -2.13. The highest BCUT2D eigenvalue weighted by molar-refractivity contribution is 5.18. The zero-order valence-electron chi connectivity index (χ0n) is 9.30. The summed E-state index contributed by atoms with van der Waals surface area (Å²) < 4.78 is 0. The van der Waals surface area contributed by atoms with Crippen molar-refractivity contribution in [1.29, 1.82) is 0 Å². The quantitative estimate of drug-likeness (QED) is 0.847. The number of hydrogen-bond acceptors (Lipinski definition) is 3. The lowest BCUT2D eigenvalue weighted by molar-refractivity contribution is 0.559. The number of benzene rings is 1. The number of nitrogens with zero attached hydrogens (tertiary/aromatic N) is 2. The van der Waals surface area contributed by atoms with Crippen LogP contribution in [0.2, 0.25) is 0 Å². The second-order valence-electron chi connectivity index (χ2n) is 3.68. The average Bonchev–Trinajstić information content (AvgIpc) is 2.38. The first-order valence-electron chi connectivity index (χ1n) is 5.40. The van der Waals surface area contributed by atoms with Crippen molar-refractivity contribution in [2.24, 2.45) is 0 Å². The van der Waals surface area contributed by atoms with E-state index < -0.39 is 0 Å². The van der Waals surface area contributed by atoms with Crippen LogP contribution in [0, 0.1) is 0 Å². The third kappa shape index (κ3) is 2.87. The highest BCUT2D eigenvalue weighted by atomic mass is 15.0. The largest absolute Gasteiger partial charge is 0.303 e. The maximum atomic E-state index is 4.17. The molecule has 2 rings (SSSR count). The van der Waals surface area contributed by atoms with Crippen LogP contribution in [0.25, 0.3) is 0 Å². The molecule has 16 heavy (non-hydrogen) atoms. The van der Waals surface area contributed by atoms with Crippen molar-refractivity contribution in [1.82, 2.24) is 15.3 Å². The Bertz CT molecular complexity index is 414. The fraction of sp³-hybridized carbons (Fsp3) is 0.231. The van der Waals surface area contributed by atoms with Crippen molar-refractivity contribution < 1.29 is 0 Å². The molecule has 82 valence electrons. The third-order valence-corrected chi connectivity index (χ3v) is 2.49. The Kier molecular flexibility index (Phi) is 3.62. The highest BCUT2D eigenvalue weighted by Gasteiger charge is 2.04. The SMILES string of the molecule is CC(NCc1ncccn1)c1ccccc1. The van der Waals surface area contributed by atoms with Crippen LogP contribution in [0.1, 0.15) is 24.4 Å². The molecular formula is C13H15N3. The average molecular weight is 213 g/mol. The molecule has 1 aromatic heterocycles. The topological polar surface area (TPSA) is 37.8 Å². The first-order chi connectivity index (χ1) is 7.86. The second-order valence-corrected chi connectivity index (χ2v) is 3.68. The molecule has 0 aliphatic carbocycles. The van der Waals surface area contributed by atoms with E-state index in [-0.39, 0.29) is 0 Å². The predicted molar refractivity (Wildman–Crippen MR) is 63.7 cm³/mol. The Morgan fingerprint density at radius 2 is 1.75 bits per heavy atom. The van der Waals surface area contributed by atoms with Crippen LogP contribution in [-0.2, 0) is 6.54 Å². The maximum Gasteiger partial charge on any atom is 0.141 e. The number of aromatic nitrogens is 2. The van der Waals surface area contributed by atoms with Gasteiger partial charge in [-0.2, -0.15) is 0 Å².